The van der Waals surface area contributed by atoms with Crippen molar-refractivity contribution in [2.45, 2.75) is 33.2 Å². The highest BCUT2D eigenvalue weighted by Crippen LogP contribution is 2.21. The van der Waals surface area contributed by atoms with Gasteiger partial charge in [-0.2, -0.15) is 0 Å². The van der Waals surface area contributed by atoms with E-state index in [-0.39, 0.29) is 0 Å². The van der Waals surface area contributed by atoms with Gasteiger partial charge in [-0.3, -0.25) is 4.79 Å². The van der Waals surface area contributed by atoms with Crippen LogP contribution >= 0.6 is 0 Å². The van der Waals surface area contributed by atoms with Crippen LogP contribution in [0.5, 0.6) is 0 Å². The van der Waals surface area contributed by atoms with Crippen molar-refractivity contribution in [1.29, 1.82) is 0 Å². The van der Waals surface area contributed by atoms with Crippen molar-refractivity contribution in [2.75, 3.05) is 0 Å². The van der Waals surface area contributed by atoms with Gasteiger partial charge in [-0.05, 0) is 42.5 Å². The summed E-state index contributed by atoms with van der Waals surface area (Å²) in [5.41, 5.74) is 9.55. The van der Waals surface area contributed by atoms with Gasteiger partial charge < -0.3 is 10.8 Å². The fourth-order valence-electron chi connectivity index (χ4n) is 1.62. The van der Waals surface area contributed by atoms with Crippen LogP contribution in [0.4, 0.5) is 0 Å². The Morgan fingerprint density at radius 2 is 2.07 bits per heavy atom. The lowest BCUT2D eigenvalue weighted by atomic mass is 9.94. The molecule has 0 heterocycles. The number of aliphatic carboxylic acids is 1. The van der Waals surface area contributed by atoms with Gasteiger partial charge in [-0.15, -0.1) is 0 Å². The third-order valence-electron chi connectivity index (χ3n) is 2.78. The second kappa shape index (κ2) is 4.45. The quantitative estimate of drug-likeness (QED) is 0.796. The SMILES string of the molecule is CCc1cc(C)c(C)c(C(N)C(=O)O)c1. The minimum absolute atomic E-state index is 0.722. The molecule has 0 amide bonds. The molecule has 0 aliphatic rings. The number of carboxylic acid groups (broad SMARTS) is 1. The van der Waals surface area contributed by atoms with Gasteiger partial charge in [0.25, 0.3) is 0 Å². The molecule has 1 rings (SSSR count). The number of benzene rings is 1. The summed E-state index contributed by atoms with van der Waals surface area (Å²) in [5.74, 6) is -0.981. The largest absolute Gasteiger partial charge is 0.480 e. The Hall–Kier alpha value is -1.35. The molecule has 0 aliphatic carbocycles. The molecule has 0 saturated heterocycles. The average molecular weight is 207 g/mol. The van der Waals surface area contributed by atoms with E-state index in [0.717, 1.165) is 28.7 Å². The maximum Gasteiger partial charge on any atom is 0.325 e. The topological polar surface area (TPSA) is 63.3 Å². The van der Waals surface area contributed by atoms with Crippen LogP contribution in [0.25, 0.3) is 0 Å². The lowest BCUT2D eigenvalue weighted by Crippen LogP contribution is -2.22. The maximum absolute atomic E-state index is 10.8. The van der Waals surface area contributed by atoms with E-state index >= 15 is 0 Å². The van der Waals surface area contributed by atoms with Crippen molar-refractivity contribution >= 4 is 5.97 Å². The zero-order valence-electron chi connectivity index (χ0n) is 9.37. The van der Waals surface area contributed by atoms with E-state index in [4.69, 9.17) is 10.8 Å². The van der Waals surface area contributed by atoms with Crippen LogP contribution in [0.2, 0.25) is 0 Å². The Balaban J connectivity index is 3.27. The molecule has 1 unspecified atom stereocenters. The fraction of sp³-hybridized carbons (Fsp3) is 0.417. The van der Waals surface area contributed by atoms with Gasteiger partial charge in [-0.25, -0.2) is 0 Å². The standard InChI is InChI=1S/C12H17NO2/c1-4-9-5-7(2)8(3)10(6-9)11(13)12(14)15/h5-6,11H,4,13H2,1-3H3,(H,14,15). The molecule has 0 radical (unpaired) electrons. The molecular weight excluding hydrogens is 190 g/mol. The summed E-state index contributed by atoms with van der Waals surface area (Å²) in [6, 6.07) is 3.05. The summed E-state index contributed by atoms with van der Waals surface area (Å²) < 4.78 is 0. The molecule has 3 N–H and O–H groups in total. The molecule has 1 atom stereocenters. The monoisotopic (exact) mass is 207 g/mol. The van der Waals surface area contributed by atoms with Crippen LogP contribution in [0, 0.1) is 13.8 Å². The Labute approximate surface area is 89.9 Å². The summed E-state index contributed by atoms with van der Waals surface area (Å²) in [4.78, 5) is 10.8. The minimum Gasteiger partial charge on any atom is -0.480 e. The summed E-state index contributed by atoms with van der Waals surface area (Å²) in [5, 5.41) is 8.89. The zero-order chi connectivity index (χ0) is 11.6. The first kappa shape index (κ1) is 11.7. The highest BCUT2D eigenvalue weighted by Gasteiger charge is 2.17. The lowest BCUT2D eigenvalue weighted by molar-refractivity contribution is -0.138. The number of hydrogen-bond donors (Lipinski definition) is 2. The highest BCUT2D eigenvalue weighted by atomic mass is 16.4. The first-order valence-electron chi connectivity index (χ1n) is 5.05. The van der Waals surface area contributed by atoms with Crippen molar-refractivity contribution in [1.82, 2.24) is 0 Å². The molecule has 82 valence electrons. The molecule has 1 aromatic carbocycles. The van der Waals surface area contributed by atoms with Gasteiger partial charge >= 0.3 is 5.97 Å². The third-order valence-corrected chi connectivity index (χ3v) is 2.78. The predicted molar refractivity (Wildman–Crippen MR) is 59.9 cm³/mol. The molecule has 1 aromatic rings. The zero-order valence-corrected chi connectivity index (χ0v) is 9.37. The van der Waals surface area contributed by atoms with Crippen LogP contribution in [-0.4, -0.2) is 11.1 Å². The summed E-state index contributed by atoms with van der Waals surface area (Å²) in [6.07, 6.45) is 0.889. The van der Waals surface area contributed by atoms with Gasteiger partial charge in [-0.1, -0.05) is 19.1 Å². The van der Waals surface area contributed by atoms with Gasteiger partial charge in [0.05, 0.1) is 0 Å². The van der Waals surface area contributed by atoms with Crippen LogP contribution in [0.3, 0.4) is 0 Å². The van der Waals surface area contributed by atoms with Crippen molar-refractivity contribution in [3.63, 3.8) is 0 Å². The number of rotatable bonds is 3. The minimum atomic E-state index is -0.981. The Kier molecular flexibility index (Phi) is 3.48. The van der Waals surface area contributed by atoms with Crippen LogP contribution in [-0.2, 0) is 11.2 Å². The van der Waals surface area contributed by atoms with Crippen LogP contribution in [0.1, 0.15) is 35.2 Å². The molecule has 0 fully saturated rings. The molecule has 0 saturated carbocycles. The molecule has 3 nitrogen and oxygen atoms in total. The number of aryl methyl sites for hydroxylation is 2. The van der Waals surface area contributed by atoms with E-state index < -0.39 is 12.0 Å². The normalized spacial score (nSPS) is 12.5. The average Bonchev–Trinajstić information content (AvgIpc) is 2.20. The van der Waals surface area contributed by atoms with E-state index in [1.807, 2.05) is 26.8 Å². The Morgan fingerprint density at radius 3 is 2.53 bits per heavy atom. The molecule has 0 spiro atoms. The van der Waals surface area contributed by atoms with Crippen LogP contribution in [0.15, 0.2) is 12.1 Å². The van der Waals surface area contributed by atoms with E-state index in [9.17, 15) is 4.79 Å². The number of hydrogen-bond acceptors (Lipinski definition) is 2. The number of nitrogens with two attached hydrogens (primary N) is 1. The second-order valence-electron chi connectivity index (χ2n) is 3.80. The molecule has 15 heavy (non-hydrogen) atoms. The van der Waals surface area contributed by atoms with Gasteiger partial charge in [0.1, 0.15) is 6.04 Å². The van der Waals surface area contributed by atoms with Gasteiger partial charge in [0.2, 0.25) is 0 Å². The second-order valence-corrected chi connectivity index (χ2v) is 3.80. The smallest absolute Gasteiger partial charge is 0.325 e. The third kappa shape index (κ3) is 2.36. The molecule has 3 heteroatoms. The van der Waals surface area contributed by atoms with Crippen LogP contribution < -0.4 is 5.73 Å². The summed E-state index contributed by atoms with van der Waals surface area (Å²) in [6.45, 7) is 5.93. The maximum atomic E-state index is 10.8. The van der Waals surface area contributed by atoms with Gasteiger partial charge in [0, 0.05) is 0 Å². The molecule has 0 aromatic heterocycles. The van der Waals surface area contributed by atoms with Crippen molar-refractivity contribution in [3.05, 3.63) is 34.4 Å². The van der Waals surface area contributed by atoms with E-state index in [1.54, 1.807) is 0 Å². The van der Waals surface area contributed by atoms with E-state index in [1.165, 1.54) is 0 Å². The first-order chi connectivity index (χ1) is 6.97. The number of carbonyl (C=O) groups is 1. The Morgan fingerprint density at radius 1 is 1.47 bits per heavy atom. The highest BCUT2D eigenvalue weighted by molar-refractivity contribution is 5.76. The summed E-state index contributed by atoms with van der Waals surface area (Å²) in [7, 11) is 0. The number of carboxylic acids is 1. The lowest BCUT2D eigenvalue weighted by Gasteiger charge is -2.14. The Bertz CT molecular complexity index is 385. The van der Waals surface area contributed by atoms with E-state index in [0.29, 0.717) is 0 Å². The summed E-state index contributed by atoms with van der Waals surface area (Å²) >= 11 is 0. The predicted octanol–water partition coefficient (Wildman–Crippen LogP) is 1.95. The van der Waals surface area contributed by atoms with Crippen molar-refractivity contribution in [2.24, 2.45) is 5.73 Å². The first-order valence-corrected chi connectivity index (χ1v) is 5.05. The van der Waals surface area contributed by atoms with E-state index in [2.05, 4.69) is 6.07 Å². The molecule has 0 bridgehead atoms. The fourth-order valence-corrected chi connectivity index (χ4v) is 1.62. The van der Waals surface area contributed by atoms with Gasteiger partial charge in [0.15, 0.2) is 0 Å². The molecule has 0 aliphatic heterocycles. The molecular formula is C12H17NO2. The van der Waals surface area contributed by atoms with Crippen molar-refractivity contribution < 1.29 is 9.90 Å². The van der Waals surface area contributed by atoms with Crippen molar-refractivity contribution in [3.8, 4) is 0 Å².